The zero-order valence-electron chi connectivity index (χ0n) is 11.2. The highest BCUT2D eigenvalue weighted by atomic mass is 32.2. The molecule has 0 aliphatic heterocycles. The standard InChI is InChI=1S/C14H17NO2S3/c1-18-9-5-4-8-12(13(16)17)20-14-15-10-6-2-3-7-11(10)19-14/h2-3,6-7,12H,4-5,8-9H2,1H3,(H,16,17). The van der Waals surface area contributed by atoms with Gasteiger partial charge in [0.2, 0.25) is 0 Å². The van der Waals surface area contributed by atoms with E-state index in [1.54, 1.807) is 23.1 Å². The first-order chi connectivity index (χ1) is 9.70. The summed E-state index contributed by atoms with van der Waals surface area (Å²) in [6.45, 7) is 0. The summed E-state index contributed by atoms with van der Waals surface area (Å²) in [5, 5.41) is 8.93. The fourth-order valence-corrected chi connectivity index (χ4v) is 4.61. The summed E-state index contributed by atoms with van der Waals surface area (Å²) >= 11 is 4.76. The lowest BCUT2D eigenvalue weighted by molar-refractivity contribution is -0.136. The van der Waals surface area contributed by atoms with E-state index >= 15 is 0 Å². The van der Waals surface area contributed by atoms with Crippen molar-refractivity contribution in [2.45, 2.75) is 28.9 Å². The quantitative estimate of drug-likeness (QED) is 0.576. The molecule has 0 aliphatic rings. The molecular weight excluding hydrogens is 310 g/mol. The molecule has 1 atom stereocenters. The molecule has 0 spiro atoms. The molecule has 3 nitrogen and oxygen atoms in total. The molecule has 1 N–H and O–H groups in total. The number of hydrogen-bond donors (Lipinski definition) is 1. The Balaban J connectivity index is 1.98. The highest BCUT2D eigenvalue weighted by molar-refractivity contribution is 8.02. The van der Waals surface area contributed by atoms with E-state index in [0.29, 0.717) is 6.42 Å². The van der Waals surface area contributed by atoms with Gasteiger partial charge in [-0.2, -0.15) is 11.8 Å². The Morgan fingerprint density at radius 2 is 2.20 bits per heavy atom. The molecule has 108 valence electrons. The molecule has 1 aromatic carbocycles. The predicted octanol–water partition coefficient (Wildman–Crippen LogP) is 4.37. The summed E-state index contributed by atoms with van der Waals surface area (Å²) in [7, 11) is 0. The molecule has 0 saturated carbocycles. The van der Waals surface area contributed by atoms with Gasteiger partial charge in [-0.3, -0.25) is 4.79 Å². The number of thioether (sulfide) groups is 2. The number of rotatable bonds is 8. The van der Waals surface area contributed by atoms with Crippen LogP contribution in [-0.2, 0) is 4.79 Å². The number of carboxylic acids is 1. The second-order valence-electron chi connectivity index (χ2n) is 4.38. The van der Waals surface area contributed by atoms with Gasteiger partial charge in [0.1, 0.15) is 5.25 Å². The normalized spacial score (nSPS) is 12.7. The number of hydrogen-bond acceptors (Lipinski definition) is 5. The molecule has 0 fully saturated rings. The molecule has 6 heteroatoms. The zero-order valence-corrected chi connectivity index (χ0v) is 13.7. The number of carbonyl (C=O) groups is 1. The van der Waals surface area contributed by atoms with Gasteiger partial charge in [-0.25, -0.2) is 4.98 Å². The number of thiazole rings is 1. The van der Waals surface area contributed by atoms with Crippen LogP contribution in [0.2, 0.25) is 0 Å². The minimum atomic E-state index is -0.738. The molecule has 0 bridgehead atoms. The van der Waals surface area contributed by atoms with Crippen molar-refractivity contribution >= 4 is 51.0 Å². The molecule has 2 aromatic rings. The maximum absolute atomic E-state index is 11.3. The maximum Gasteiger partial charge on any atom is 0.317 e. The van der Waals surface area contributed by atoms with E-state index in [1.807, 2.05) is 24.3 Å². The third kappa shape index (κ3) is 4.40. The van der Waals surface area contributed by atoms with Crippen molar-refractivity contribution in [2.75, 3.05) is 12.0 Å². The molecule has 1 heterocycles. The first-order valence-electron chi connectivity index (χ1n) is 6.44. The second kappa shape index (κ2) is 7.90. The highest BCUT2D eigenvalue weighted by Gasteiger charge is 2.20. The van der Waals surface area contributed by atoms with Crippen LogP contribution in [0.1, 0.15) is 19.3 Å². The van der Waals surface area contributed by atoms with E-state index in [4.69, 9.17) is 0 Å². The van der Waals surface area contributed by atoms with E-state index in [1.165, 1.54) is 11.8 Å². The Morgan fingerprint density at radius 3 is 2.90 bits per heavy atom. The predicted molar refractivity (Wildman–Crippen MR) is 89.1 cm³/mol. The van der Waals surface area contributed by atoms with Crippen molar-refractivity contribution in [3.8, 4) is 0 Å². The zero-order chi connectivity index (χ0) is 14.4. The summed E-state index contributed by atoms with van der Waals surface area (Å²) in [5.74, 6) is 0.358. The van der Waals surface area contributed by atoms with Gasteiger partial charge in [0.25, 0.3) is 0 Å². The summed E-state index contributed by atoms with van der Waals surface area (Å²) in [6, 6.07) is 7.91. The number of fused-ring (bicyclic) bond motifs is 1. The van der Waals surface area contributed by atoms with Crippen molar-refractivity contribution in [2.24, 2.45) is 0 Å². The maximum atomic E-state index is 11.3. The van der Waals surface area contributed by atoms with Gasteiger partial charge in [-0.1, -0.05) is 30.3 Å². The van der Waals surface area contributed by atoms with Gasteiger partial charge >= 0.3 is 5.97 Å². The van der Waals surface area contributed by atoms with Gasteiger partial charge in [-0.15, -0.1) is 11.3 Å². The smallest absolute Gasteiger partial charge is 0.317 e. The number of aromatic nitrogens is 1. The lowest BCUT2D eigenvalue weighted by Crippen LogP contribution is -2.16. The van der Waals surface area contributed by atoms with Crippen LogP contribution in [0, 0.1) is 0 Å². The summed E-state index contributed by atoms with van der Waals surface area (Å²) in [5.41, 5.74) is 0.950. The van der Waals surface area contributed by atoms with Crippen LogP contribution in [0.3, 0.4) is 0 Å². The lowest BCUT2D eigenvalue weighted by Gasteiger charge is -2.09. The molecule has 0 saturated heterocycles. The number of aliphatic carboxylic acids is 1. The fourth-order valence-electron chi connectivity index (χ4n) is 1.83. The molecular formula is C14H17NO2S3. The third-order valence-electron chi connectivity index (χ3n) is 2.86. The van der Waals surface area contributed by atoms with Crippen LogP contribution in [-0.4, -0.2) is 33.3 Å². The third-order valence-corrected chi connectivity index (χ3v) is 5.94. The molecule has 0 radical (unpaired) electrons. The largest absolute Gasteiger partial charge is 0.480 e. The Bertz CT molecular complexity index is 537. The molecule has 1 unspecified atom stereocenters. The van der Waals surface area contributed by atoms with E-state index in [2.05, 4.69) is 11.2 Å². The van der Waals surface area contributed by atoms with Gasteiger partial charge in [0, 0.05) is 0 Å². The number of para-hydroxylation sites is 1. The molecule has 1 aromatic heterocycles. The van der Waals surface area contributed by atoms with Crippen molar-refractivity contribution in [3.05, 3.63) is 24.3 Å². The van der Waals surface area contributed by atoms with Crippen molar-refractivity contribution in [1.29, 1.82) is 0 Å². The first kappa shape index (κ1) is 15.7. The minimum Gasteiger partial charge on any atom is -0.480 e. The number of carboxylic acid groups (broad SMARTS) is 1. The monoisotopic (exact) mass is 327 g/mol. The topological polar surface area (TPSA) is 50.2 Å². The fraction of sp³-hybridized carbons (Fsp3) is 0.429. The lowest BCUT2D eigenvalue weighted by atomic mass is 10.2. The van der Waals surface area contributed by atoms with Crippen LogP contribution in [0.4, 0.5) is 0 Å². The number of unbranched alkanes of at least 4 members (excludes halogenated alkanes) is 1. The summed E-state index contributed by atoms with van der Waals surface area (Å²) < 4.78 is 1.96. The van der Waals surface area contributed by atoms with Gasteiger partial charge in [0.15, 0.2) is 4.34 Å². The van der Waals surface area contributed by atoms with E-state index in [0.717, 1.165) is 33.2 Å². The Hall–Kier alpha value is -0.720. The molecule has 2 rings (SSSR count). The van der Waals surface area contributed by atoms with Gasteiger partial charge in [0.05, 0.1) is 10.2 Å². The van der Waals surface area contributed by atoms with Gasteiger partial charge in [-0.05, 0) is 37.0 Å². The van der Waals surface area contributed by atoms with Crippen LogP contribution in [0.15, 0.2) is 28.6 Å². The summed E-state index contributed by atoms with van der Waals surface area (Å²) in [4.78, 5) is 15.8. The van der Waals surface area contributed by atoms with Crippen LogP contribution >= 0.6 is 34.9 Å². The Morgan fingerprint density at radius 1 is 1.40 bits per heavy atom. The number of benzene rings is 1. The van der Waals surface area contributed by atoms with Crippen molar-refractivity contribution in [3.63, 3.8) is 0 Å². The summed E-state index contributed by atoms with van der Waals surface area (Å²) in [6.07, 6.45) is 4.81. The average Bonchev–Trinajstić information content (AvgIpc) is 2.84. The molecule has 20 heavy (non-hydrogen) atoms. The van der Waals surface area contributed by atoms with Crippen LogP contribution in [0.5, 0.6) is 0 Å². The van der Waals surface area contributed by atoms with E-state index < -0.39 is 11.2 Å². The Kier molecular flexibility index (Phi) is 6.19. The second-order valence-corrected chi connectivity index (χ2v) is 7.85. The molecule has 0 aliphatic carbocycles. The van der Waals surface area contributed by atoms with Gasteiger partial charge < -0.3 is 5.11 Å². The Labute approximate surface area is 131 Å². The average molecular weight is 327 g/mol. The SMILES string of the molecule is CSCCCCC(Sc1nc2ccccc2s1)C(=O)O. The minimum absolute atomic E-state index is 0.391. The van der Waals surface area contributed by atoms with Crippen LogP contribution < -0.4 is 0 Å². The number of nitrogens with zero attached hydrogens (tertiary/aromatic N) is 1. The van der Waals surface area contributed by atoms with E-state index in [-0.39, 0.29) is 0 Å². The van der Waals surface area contributed by atoms with Crippen LogP contribution in [0.25, 0.3) is 10.2 Å². The van der Waals surface area contributed by atoms with E-state index in [9.17, 15) is 9.90 Å². The highest BCUT2D eigenvalue weighted by Crippen LogP contribution is 2.33. The first-order valence-corrected chi connectivity index (χ1v) is 9.53. The van der Waals surface area contributed by atoms with Crippen molar-refractivity contribution in [1.82, 2.24) is 4.98 Å². The van der Waals surface area contributed by atoms with Crippen molar-refractivity contribution < 1.29 is 9.90 Å². The molecule has 0 amide bonds.